The van der Waals surface area contributed by atoms with Crippen LogP contribution < -0.4 is 9.64 Å². The summed E-state index contributed by atoms with van der Waals surface area (Å²) in [5.41, 5.74) is 2.67. The maximum Gasteiger partial charge on any atom is 0.309 e. The number of aliphatic carboxylic acids is 1. The highest BCUT2D eigenvalue weighted by atomic mass is 16.5. The van der Waals surface area contributed by atoms with Crippen LogP contribution in [-0.2, 0) is 11.2 Å². The predicted molar refractivity (Wildman–Crippen MR) is 142 cm³/mol. The monoisotopic (exact) mass is 481 g/mol. The minimum Gasteiger partial charge on any atom is -0.497 e. The van der Waals surface area contributed by atoms with Gasteiger partial charge in [-0.3, -0.25) is 9.78 Å². The number of fused-ring (bicyclic) bond motifs is 1. The fraction of sp³-hybridized carbons (Fsp3) is 0.655. The number of piperidine rings is 1. The van der Waals surface area contributed by atoms with Gasteiger partial charge >= 0.3 is 5.97 Å². The van der Waals surface area contributed by atoms with Crippen LogP contribution >= 0.6 is 0 Å². The topological polar surface area (TPSA) is 65.9 Å². The minimum atomic E-state index is -0.612. The largest absolute Gasteiger partial charge is 0.497 e. The molecule has 2 aliphatic rings. The van der Waals surface area contributed by atoms with Crippen molar-refractivity contribution in [3.8, 4) is 5.75 Å². The van der Waals surface area contributed by atoms with E-state index in [9.17, 15) is 9.90 Å². The summed E-state index contributed by atoms with van der Waals surface area (Å²) in [6, 6.07) is 6.00. The number of methoxy groups -OCH3 is 1. The lowest BCUT2D eigenvalue weighted by atomic mass is 9.74. The average Bonchev–Trinajstić information content (AvgIpc) is 2.88. The van der Waals surface area contributed by atoms with Gasteiger partial charge in [0.1, 0.15) is 5.75 Å². The molecule has 1 saturated carbocycles. The number of carboxylic acids is 1. The van der Waals surface area contributed by atoms with E-state index in [1.54, 1.807) is 7.11 Å². The molecule has 0 spiro atoms. The molecule has 35 heavy (non-hydrogen) atoms. The molecule has 0 atom stereocenters. The van der Waals surface area contributed by atoms with Gasteiger partial charge in [-0.15, -0.1) is 0 Å². The summed E-state index contributed by atoms with van der Waals surface area (Å²) in [4.78, 5) is 21.7. The molecule has 1 saturated heterocycles. The third-order valence-electron chi connectivity index (χ3n) is 8.57. The van der Waals surface area contributed by atoms with Gasteiger partial charge in [-0.05, 0) is 87.8 Å². The highest BCUT2D eigenvalue weighted by Gasteiger charge is 2.41. The van der Waals surface area contributed by atoms with Crippen molar-refractivity contribution >= 4 is 22.6 Å². The van der Waals surface area contributed by atoms with E-state index in [0.717, 1.165) is 80.0 Å². The van der Waals surface area contributed by atoms with Crippen LogP contribution in [0.4, 0.5) is 5.69 Å². The number of rotatable bonds is 10. The lowest BCUT2D eigenvalue weighted by Gasteiger charge is -2.39. The first-order chi connectivity index (χ1) is 16.9. The summed E-state index contributed by atoms with van der Waals surface area (Å²) in [5.74, 6) is 1.09. The van der Waals surface area contributed by atoms with Crippen LogP contribution in [0.3, 0.4) is 0 Å². The van der Waals surface area contributed by atoms with Crippen molar-refractivity contribution < 1.29 is 14.6 Å². The second-order valence-corrected chi connectivity index (χ2v) is 11.0. The molecule has 2 aromatic rings. The van der Waals surface area contributed by atoms with E-state index in [1.165, 1.54) is 44.1 Å². The zero-order valence-corrected chi connectivity index (χ0v) is 21.9. The summed E-state index contributed by atoms with van der Waals surface area (Å²) >= 11 is 0. The Bertz CT molecular complexity index is 992. The smallest absolute Gasteiger partial charge is 0.309 e. The standard InChI is InChI=1S/C29H43N3O3/c1-31(2)27-21-30-26-12-11-23(35-3)20-25(26)24(27)10-7-14-29(28(33)34)15-18-32(19-16-29)17-13-22-8-5-4-6-9-22/h11-12,20-22H,4-10,13-19H2,1-3H3,(H,33,34). The number of hydrogen-bond donors (Lipinski definition) is 1. The van der Waals surface area contributed by atoms with Crippen LogP contribution in [0, 0.1) is 11.3 Å². The first-order valence-electron chi connectivity index (χ1n) is 13.5. The van der Waals surface area contributed by atoms with Crippen LogP contribution in [0.2, 0.25) is 0 Å². The van der Waals surface area contributed by atoms with Gasteiger partial charge in [0, 0.05) is 19.5 Å². The van der Waals surface area contributed by atoms with Gasteiger partial charge in [0.15, 0.2) is 0 Å². The van der Waals surface area contributed by atoms with Crippen molar-refractivity contribution in [2.75, 3.05) is 45.7 Å². The lowest BCUT2D eigenvalue weighted by Crippen LogP contribution is -2.45. The normalized spacial score (nSPS) is 19.1. The van der Waals surface area contributed by atoms with E-state index in [0.29, 0.717) is 0 Å². The van der Waals surface area contributed by atoms with Crippen molar-refractivity contribution in [2.24, 2.45) is 11.3 Å². The second kappa shape index (κ2) is 11.6. The number of benzene rings is 1. The zero-order valence-electron chi connectivity index (χ0n) is 21.9. The van der Waals surface area contributed by atoms with Crippen LogP contribution in [0.25, 0.3) is 10.9 Å². The molecular formula is C29H43N3O3. The fourth-order valence-corrected chi connectivity index (χ4v) is 6.21. The summed E-state index contributed by atoms with van der Waals surface area (Å²) in [6.45, 7) is 2.96. The van der Waals surface area contributed by atoms with Gasteiger partial charge in [-0.2, -0.15) is 0 Å². The lowest BCUT2D eigenvalue weighted by molar-refractivity contribution is -0.152. The highest BCUT2D eigenvalue weighted by Crippen LogP contribution is 2.39. The third kappa shape index (κ3) is 6.08. The Balaban J connectivity index is 1.40. The van der Waals surface area contributed by atoms with E-state index in [-0.39, 0.29) is 0 Å². The Kier molecular flexibility index (Phi) is 8.53. The molecule has 2 fully saturated rings. The van der Waals surface area contributed by atoms with Gasteiger partial charge in [0.2, 0.25) is 0 Å². The molecule has 6 nitrogen and oxygen atoms in total. The quantitative estimate of drug-likeness (QED) is 0.465. The van der Waals surface area contributed by atoms with Crippen molar-refractivity contribution in [1.82, 2.24) is 9.88 Å². The Labute approximate surface area is 210 Å². The van der Waals surface area contributed by atoms with Gasteiger partial charge < -0.3 is 19.6 Å². The van der Waals surface area contributed by atoms with E-state index in [1.807, 2.05) is 32.4 Å². The Morgan fingerprint density at radius 1 is 1.20 bits per heavy atom. The Hall–Kier alpha value is -2.34. The minimum absolute atomic E-state index is 0.597. The number of hydrogen-bond acceptors (Lipinski definition) is 5. The number of aryl methyl sites for hydroxylation is 1. The number of anilines is 1. The van der Waals surface area contributed by atoms with Crippen LogP contribution in [0.15, 0.2) is 24.4 Å². The number of nitrogens with zero attached hydrogens (tertiary/aromatic N) is 3. The zero-order chi connectivity index (χ0) is 24.8. The predicted octanol–water partition coefficient (Wildman–Crippen LogP) is 5.77. The van der Waals surface area contributed by atoms with Crippen LogP contribution in [0.5, 0.6) is 5.75 Å². The van der Waals surface area contributed by atoms with E-state index in [2.05, 4.69) is 20.9 Å². The summed E-state index contributed by atoms with van der Waals surface area (Å²) in [6.07, 6.45) is 14.1. The number of likely N-dealkylation sites (tertiary alicyclic amines) is 1. The third-order valence-corrected chi connectivity index (χ3v) is 8.57. The molecule has 1 aromatic heterocycles. The van der Waals surface area contributed by atoms with E-state index >= 15 is 0 Å². The number of aromatic nitrogens is 1. The molecular weight excluding hydrogens is 438 g/mol. The van der Waals surface area contributed by atoms with Crippen molar-refractivity contribution in [3.63, 3.8) is 0 Å². The molecule has 192 valence electrons. The summed E-state index contributed by atoms with van der Waals surface area (Å²) in [7, 11) is 5.75. The Morgan fingerprint density at radius 3 is 2.60 bits per heavy atom. The average molecular weight is 482 g/mol. The molecule has 0 radical (unpaired) electrons. The molecule has 0 amide bonds. The number of ether oxygens (including phenoxy) is 1. The SMILES string of the molecule is COc1ccc2ncc(N(C)C)c(CCCC3(C(=O)O)CCN(CCC4CCCCC4)CC3)c2c1. The Morgan fingerprint density at radius 2 is 1.94 bits per heavy atom. The van der Waals surface area contributed by atoms with Crippen LogP contribution in [0.1, 0.15) is 69.8 Å². The van der Waals surface area contributed by atoms with Gasteiger partial charge in [-0.1, -0.05) is 32.1 Å². The maximum absolute atomic E-state index is 12.4. The molecule has 1 aliphatic heterocycles. The summed E-state index contributed by atoms with van der Waals surface area (Å²) < 4.78 is 5.47. The molecule has 6 heteroatoms. The molecule has 2 heterocycles. The molecule has 1 N–H and O–H groups in total. The molecule has 1 aliphatic carbocycles. The number of carbonyl (C=O) groups is 1. The highest BCUT2D eigenvalue weighted by molar-refractivity contribution is 5.88. The number of carboxylic acid groups (broad SMARTS) is 1. The fourth-order valence-electron chi connectivity index (χ4n) is 6.21. The first kappa shape index (κ1) is 25.7. The van der Waals surface area contributed by atoms with Crippen molar-refractivity contribution in [2.45, 2.75) is 70.6 Å². The van der Waals surface area contributed by atoms with Gasteiger partial charge in [0.05, 0.1) is 29.9 Å². The maximum atomic E-state index is 12.4. The summed E-state index contributed by atoms with van der Waals surface area (Å²) in [5, 5.41) is 11.3. The molecule has 1 aromatic carbocycles. The van der Waals surface area contributed by atoms with Gasteiger partial charge in [0.25, 0.3) is 0 Å². The van der Waals surface area contributed by atoms with Gasteiger partial charge in [-0.25, -0.2) is 0 Å². The van der Waals surface area contributed by atoms with E-state index < -0.39 is 11.4 Å². The molecule has 0 bridgehead atoms. The number of pyridine rings is 1. The van der Waals surface area contributed by atoms with E-state index in [4.69, 9.17) is 4.74 Å². The molecule has 0 unspecified atom stereocenters. The first-order valence-corrected chi connectivity index (χ1v) is 13.5. The van der Waals surface area contributed by atoms with Crippen molar-refractivity contribution in [3.05, 3.63) is 30.0 Å². The van der Waals surface area contributed by atoms with Crippen LogP contribution in [-0.4, -0.2) is 61.8 Å². The van der Waals surface area contributed by atoms with Crippen molar-refractivity contribution in [1.29, 1.82) is 0 Å². The second-order valence-electron chi connectivity index (χ2n) is 11.0. The molecule has 4 rings (SSSR count).